The van der Waals surface area contributed by atoms with Gasteiger partial charge in [0.2, 0.25) is 5.96 Å². The van der Waals surface area contributed by atoms with Gasteiger partial charge in [-0.25, -0.2) is 10.8 Å². The van der Waals surface area contributed by atoms with Crippen molar-refractivity contribution in [1.82, 2.24) is 5.43 Å². The monoisotopic (exact) mass is 248 g/mol. The third-order valence-corrected chi connectivity index (χ3v) is 2.48. The first-order valence-corrected chi connectivity index (χ1v) is 6.25. The quantitative estimate of drug-likeness (QED) is 0.329. The molecule has 18 heavy (non-hydrogen) atoms. The highest BCUT2D eigenvalue weighted by Crippen LogP contribution is 2.23. The van der Waals surface area contributed by atoms with Crippen molar-refractivity contribution in [2.24, 2.45) is 10.8 Å². The molecule has 1 aromatic carbocycles. The smallest absolute Gasteiger partial charge is 0.210 e. The largest absolute Gasteiger partial charge is 0.491 e. The molecule has 1 aliphatic rings. The zero-order valence-corrected chi connectivity index (χ0v) is 10.8. The van der Waals surface area contributed by atoms with Gasteiger partial charge in [-0.05, 0) is 51.0 Å². The molecular formula is C13H20N4O. The molecule has 0 radical (unpaired) electrons. The third kappa shape index (κ3) is 3.92. The number of nitrogens with two attached hydrogens (primary N) is 1. The van der Waals surface area contributed by atoms with Gasteiger partial charge in [0.05, 0.1) is 12.1 Å². The first-order valence-electron chi connectivity index (χ1n) is 6.25. The number of guanidine groups is 1. The van der Waals surface area contributed by atoms with E-state index in [0.29, 0.717) is 12.0 Å². The van der Waals surface area contributed by atoms with Crippen molar-refractivity contribution in [2.45, 2.75) is 38.8 Å². The Kier molecular flexibility index (Phi) is 4.04. The summed E-state index contributed by atoms with van der Waals surface area (Å²) in [5, 5.41) is 3.14. The predicted molar refractivity (Wildman–Crippen MR) is 73.6 cm³/mol. The van der Waals surface area contributed by atoms with E-state index >= 15 is 0 Å². The lowest BCUT2D eigenvalue weighted by Gasteiger charge is -2.12. The number of benzene rings is 1. The molecule has 1 aliphatic carbocycles. The molecule has 0 atom stereocenters. The topological polar surface area (TPSA) is 71.7 Å². The molecule has 0 heterocycles. The first kappa shape index (κ1) is 12.7. The second-order valence-corrected chi connectivity index (χ2v) is 4.67. The van der Waals surface area contributed by atoms with E-state index in [1.54, 1.807) is 0 Å². The second kappa shape index (κ2) is 5.73. The minimum atomic E-state index is 0.182. The molecule has 0 amide bonds. The minimum absolute atomic E-state index is 0.182. The van der Waals surface area contributed by atoms with Crippen LogP contribution < -0.4 is 21.3 Å². The highest BCUT2D eigenvalue weighted by atomic mass is 16.5. The standard InChI is InChI=1S/C13H20N4O/c1-9(2)18-12-7-5-11(6-8-12)16-13(17-14)15-10-3-4-10/h5-10H,3-4,14H2,1-2H3,(H2,15,16,17). The highest BCUT2D eigenvalue weighted by Gasteiger charge is 2.20. The Hall–Kier alpha value is -1.75. The Morgan fingerprint density at radius 1 is 1.33 bits per heavy atom. The average Bonchev–Trinajstić information content (AvgIpc) is 3.14. The van der Waals surface area contributed by atoms with Gasteiger partial charge in [-0.2, -0.15) is 0 Å². The molecule has 0 bridgehead atoms. The Morgan fingerprint density at radius 2 is 2.00 bits per heavy atom. The number of nitrogens with zero attached hydrogens (tertiary/aromatic N) is 1. The fraction of sp³-hybridized carbons (Fsp3) is 0.462. The Labute approximate surface area is 107 Å². The molecule has 5 nitrogen and oxygen atoms in total. The number of rotatable bonds is 4. The van der Waals surface area contributed by atoms with Crippen LogP contribution in [0.2, 0.25) is 0 Å². The fourth-order valence-corrected chi connectivity index (χ4v) is 1.52. The Balaban J connectivity index is 1.96. The lowest BCUT2D eigenvalue weighted by atomic mass is 10.3. The Morgan fingerprint density at radius 3 is 2.50 bits per heavy atom. The first-order chi connectivity index (χ1) is 8.67. The van der Waals surface area contributed by atoms with Crippen LogP contribution in [-0.2, 0) is 0 Å². The summed E-state index contributed by atoms with van der Waals surface area (Å²) in [6.07, 6.45) is 2.48. The summed E-state index contributed by atoms with van der Waals surface area (Å²) >= 11 is 0. The van der Waals surface area contributed by atoms with Gasteiger partial charge < -0.3 is 10.1 Å². The summed E-state index contributed by atoms with van der Waals surface area (Å²) in [7, 11) is 0. The van der Waals surface area contributed by atoms with Crippen LogP contribution in [0.15, 0.2) is 29.3 Å². The van der Waals surface area contributed by atoms with Crippen molar-refractivity contribution in [3.8, 4) is 5.75 Å². The van der Waals surface area contributed by atoms with Crippen molar-refractivity contribution < 1.29 is 4.74 Å². The van der Waals surface area contributed by atoms with E-state index in [1.165, 1.54) is 0 Å². The van der Waals surface area contributed by atoms with Gasteiger partial charge in [0.15, 0.2) is 0 Å². The van der Waals surface area contributed by atoms with E-state index < -0.39 is 0 Å². The van der Waals surface area contributed by atoms with E-state index in [0.717, 1.165) is 24.3 Å². The van der Waals surface area contributed by atoms with Gasteiger partial charge in [-0.1, -0.05) is 0 Å². The maximum Gasteiger partial charge on any atom is 0.210 e. The maximum atomic E-state index is 5.58. The SMILES string of the molecule is CC(C)Oc1ccc(NC(=NC2CC2)NN)cc1. The van der Waals surface area contributed by atoms with Gasteiger partial charge in [-0.15, -0.1) is 0 Å². The van der Waals surface area contributed by atoms with Crippen LogP contribution in [0.1, 0.15) is 26.7 Å². The predicted octanol–water partition coefficient (Wildman–Crippen LogP) is 1.87. The lowest BCUT2D eigenvalue weighted by molar-refractivity contribution is 0.242. The number of anilines is 1. The normalized spacial score (nSPS) is 15.7. The van der Waals surface area contributed by atoms with Crippen molar-refractivity contribution >= 4 is 11.6 Å². The van der Waals surface area contributed by atoms with Crippen molar-refractivity contribution in [3.05, 3.63) is 24.3 Å². The van der Waals surface area contributed by atoms with Crippen molar-refractivity contribution in [3.63, 3.8) is 0 Å². The number of nitrogens with one attached hydrogen (secondary N) is 2. The minimum Gasteiger partial charge on any atom is -0.491 e. The van der Waals surface area contributed by atoms with Crippen LogP contribution in [-0.4, -0.2) is 18.1 Å². The summed E-state index contributed by atoms with van der Waals surface area (Å²) in [5.74, 6) is 6.89. The summed E-state index contributed by atoms with van der Waals surface area (Å²) < 4.78 is 5.58. The van der Waals surface area contributed by atoms with Gasteiger partial charge in [-0.3, -0.25) is 5.43 Å². The van der Waals surface area contributed by atoms with E-state index in [1.807, 2.05) is 38.1 Å². The van der Waals surface area contributed by atoms with Gasteiger partial charge in [0.25, 0.3) is 0 Å². The third-order valence-electron chi connectivity index (χ3n) is 2.48. The Bertz CT molecular complexity index is 410. The van der Waals surface area contributed by atoms with E-state index in [-0.39, 0.29) is 6.10 Å². The van der Waals surface area contributed by atoms with Crippen LogP contribution in [0.5, 0.6) is 5.75 Å². The van der Waals surface area contributed by atoms with Crippen molar-refractivity contribution in [1.29, 1.82) is 0 Å². The second-order valence-electron chi connectivity index (χ2n) is 4.67. The zero-order chi connectivity index (χ0) is 13.0. The van der Waals surface area contributed by atoms with Gasteiger partial charge >= 0.3 is 0 Å². The molecular weight excluding hydrogens is 228 g/mol. The van der Waals surface area contributed by atoms with Gasteiger partial charge in [0.1, 0.15) is 5.75 Å². The molecule has 1 aromatic rings. The fourth-order valence-electron chi connectivity index (χ4n) is 1.52. The van der Waals surface area contributed by atoms with Crippen LogP contribution in [0.4, 0.5) is 5.69 Å². The number of aliphatic imine (C=N–C) groups is 1. The molecule has 1 fully saturated rings. The molecule has 0 unspecified atom stereocenters. The van der Waals surface area contributed by atoms with Crippen LogP contribution in [0.25, 0.3) is 0 Å². The molecule has 2 rings (SSSR count). The average molecular weight is 248 g/mol. The number of hydrogen-bond donors (Lipinski definition) is 3. The van der Waals surface area contributed by atoms with Gasteiger partial charge in [0, 0.05) is 5.69 Å². The molecule has 0 saturated heterocycles. The highest BCUT2D eigenvalue weighted by molar-refractivity contribution is 5.93. The van der Waals surface area contributed by atoms with E-state index in [4.69, 9.17) is 10.6 Å². The van der Waals surface area contributed by atoms with E-state index in [9.17, 15) is 0 Å². The molecule has 4 N–H and O–H groups in total. The van der Waals surface area contributed by atoms with E-state index in [2.05, 4.69) is 15.7 Å². The lowest BCUT2D eigenvalue weighted by Crippen LogP contribution is -2.36. The van der Waals surface area contributed by atoms with Crippen LogP contribution in [0.3, 0.4) is 0 Å². The molecule has 0 aliphatic heterocycles. The van der Waals surface area contributed by atoms with Crippen molar-refractivity contribution in [2.75, 3.05) is 5.32 Å². The van der Waals surface area contributed by atoms with Crippen LogP contribution >= 0.6 is 0 Å². The number of hydrazine groups is 1. The molecule has 98 valence electrons. The maximum absolute atomic E-state index is 5.58. The summed E-state index contributed by atoms with van der Waals surface area (Å²) in [6.45, 7) is 4.01. The molecule has 0 aromatic heterocycles. The van der Waals surface area contributed by atoms with Crippen LogP contribution in [0, 0.1) is 0 Å². The molecule has 1 saturated carbocycles. The number of hydrogen-bond acceptors (Lipinski definition) is 3. The summed E-state index contributed by atoms with van der Waals surface area (Å²) in [4.78, 5) is 4.41. The molecule has 5 heteroatoms. The zero-order valence-electron chi connectivity index (χ0n) is 10.8. The summed E-state index contributed by atoms with van der Waals surface area (Å²) in [6, 6.07) is 8.16. The number of ether oxygens (including phenoxy) is 1. The summed E-state index contributed by atoms with van der Waals surface area (Å²) in [5.41, 5.74) is 3.51. The molecule has 0 spiro atoms.